The molecule has 0 heterocycles. The van der Waals surface area contributed by atoms with E-state index in [1.807, 2.05) is 0 Å². The molecule has 0 radical (unpaired) electrons. The first kappa shape index (κ1) is 12.0. The maximum Gasteiger partial charge on any atom is 0.188 e. The van der Waals surface area contributed by atoms with Gasteiger partial charge in [-0.25, -0.2) is 0 Å². The van der Waals surface area contributed by atoms with Crippen molar-refractivity contribution >= 4 is 21.7 Å². The molecule has 0 saturated carbocycles. The first-order chi connectivity index (χ1) is 7.06. The molecular formula is C10H11BrO4. The fraction of sp³-hybridized carbons (Fsp3) is 0.300. The number of methoxy groups -OCH3 is 1. The second-order valence-corrected chi connectivity index (χ2v) is 3.76. The van der Waals surface area contributed by atoms with Crippen molar-refractivity contribution in [1.29, 1.82) is 0 Å². The van der Waals surface area contributed by atoms with E-state index in [9.17, 15) is 9.90 Å². The van der Waals surface area contributed by atoms with Crippen molar-refractivity contribution in [2.24, 2.45) is 0 Å². The second-order valence-electron chi connectivity index (χ2n) is 2.91. The number of phenolic OH excluding ortho intramolecular Hbond substituents is 1. The Labute approximate surface area is 95.9 Å². The minimum atomic E-state index is -0.202. The number of carbonyl (C=O) groups excluding carboxylic acids is 1. The van der Waals surface area contributed by atoms with E-state index < -0.39 is 0 Å². The summed E-state index contributed by atoms with van der Waals surface area (Å²) in [6, 6.07) is 2.89. The van der Waals surface area contributed by atoms with E-state index in [4.69, 9.17) is 9.47 Å². The third-order valence-electron chi connectivity index (χ3n) is 1.76. The summed E-state index contributed by atoms with van der Waals surface area (Å²) in [5, 5.41) is 9.52. The van der Waals surface area contributed by atoms with Crippen molar-refractivity contribution < 1.29 is 19.4 Å². The number of hydrogen-bond acceptors (Lipinski definition) is 4. The maximum atomic E-state index is 11.1. The Kier molecular flexibility index (Phi) is 4.11. The highest BCUT2D eigenvalue weighted by molar-refractivity contribution is 9.10. The Balaban J connectivity index is 3.02. The maximum absolute atomic E-state index is 11.1. The van der Waals surface area contributed by atoms with Gasteiger partial charge in [0.2, 0.25) is 0 Å². The smallest absolute Gasteiger partial charge is 0.188 e. The van der Waals surface area contributed by atoms with Crippen LogP contribution in [0.15, 0.2) is 16.6 Å². The van der Waals surface area contributed by atoms with Gasteiger partial charge < -0.3 is 14.6 Å². The first-order valence-electron chi connectivity index (χ1n) is 4.21. The Morgan fingerprint density at radius 1 is 1.53 bits per heavy atom. The molecule has 5 heteroatoms. The van der Waals surface area contributed by atoms with Gasteiger partial charge in [0.25, 0.3) is 0 Å². The number of hydrogen-bond donors (Lipinski definition) is 1. The molecule has 1 aromatic carbocycles. The molecule has 0 fully saturated rings. The van der Waals surface area contributed by atoms with Crippen LogP contribution in [0.2, 0.25) is 0 Å². The van der Waals surface area contributed by atoms with Crippen molar-refractivity contribution in [2.75, 3.05) is 13.9 Å². The van der Waals surface area contributed by atoms with Gasteiger partial charge in [0.1, 0.15) is 11.5 Å². The molecule has 15 heavy (non-hydrogen) atoms. The number of carbonyl (C=O) groups is 1. The van der Waals surface area contributed by atoms with Gasteiger partial charge in [-0.3, -0.25) is 4.79 Å². The molecule has 0 bridgehead atoms. The van der Waals surface area contributed by atoms with Crippen LogP contribution in [-0.4, -0.2) is 24.8 Å². The zero-order chi connectivity index (χ0) is 11.4. The fourth-order valence-electron chi connectivity index (χ4n) is 1.06. The third-order valence-corrected chi connectivity index (χ3v) is 2.38. The summed E-state index contributed by atoms with van der Waals surface area (Å²) >= 11 is 3.24. The van der Waals surface area contributed by atoms with E-state index in [0.29, 0.717) is 10.2 Å². The lowest BCUT2D eigenvalue weighted by molar-refractivity contribution is 0.0504. The predicted octanol–water partition coefficient (Wildman–Crippen LogP) is 2.34. The van der Waals surface area contributed by atoms with Gasteiger partial charge in [-0.15, -0.1) is 0 Å². The number of benzene rings is 1. The van der Waals surface area contributed by atoms with Gasteiger partial charge in [0.15, 0.2) is 12.6 Å². The molecule has 4 nitrogen and oxygen atoms in total. The molecule has 0 atom stereocenters. The Hall–Kier alpha value is -1.07. The highest BCUT2D eigenvalue weighted by atomic mass is 79.9. The van der Waals surface area contributed by atoms with Gasteiger partial charge in [-0.2, -0.15) is 0 Å². The van der Waals surface area contributed by atoms with Gasteiger partial charge in [0, 0.05) is 13.2 Å². The standard InChI is InChI=1S/C10H11BrO4/c1-6(12)7-3-8(11)10(4-9(7)13)15-5-14-2/h3-4,13H,5H2,1-2H3. The average Bonchev–Trinajstić information content (AvgIpc) is 2.18. The van der Waals surface area contributed by atoms with Crippen molar-refractivity contribution in [2.45, 2.75) is 6.92 Å². The van der Waals surface area contributed by atoms with Gasteiger partial charge in [-0.1, -0.05) is 0 Å². The average molecular weight is 275 g/mol. The van der Waals surface area contributed by atoms with Crippen LogP contribution in [0.4, 0.5) is 0 Å². The van der Waals surface area contributed by atoms with E-state index in [0.717, 1.165) is 0 Å². The molecule has 0 aromatic heterocycles. The lowest BCUT2D eigenvalue weighted by Gasteiger charge is -2.09. The van der Waals surface area contributed by atoms with Crippen LogP contribution < -0.4 is 4.74 Å². The molecule has 0 spiro atoms. The Morgan fingerprint density at radius 3 is 2.73 bits per heavy atom. The van der Waals surface area contributed by atoms with Crippen LogP contribution in [0, 0.1) is 0 Å². The summed E-state index contributed by atoms with van der Waals surface area (Å²) in [6.45, 7) is 1.47. The summed E-state index contributed by atoms with van der Waals surface area (Å²) in [7, 11) is 1.50. The number of phenols is 1. The summed E-state index contributed by atoms with van der Waals surface area (Å²) < 4.78 is 10.5. The van der Waals surface area contributed by atoms with Crippen LogP contribution in [0.5, 0.6) is 11.5 Å². The largest absolute Gasteiger partial charge is 0.507 e. The number of ether oxygens (including phenoxy) is 2. The van der Waals surface area contributed by atoms with Gasteiger partial charge in [0.05, 0.1) is 10.0 Å². The third kappa shape index (κ3) is 2.94. The van der Waals surface area contributed by atoms with E-state index >= 15 is 0 Å². The van der Waals surface area contributed by atoms with Crippen LogP contribution >= 0.6 is 15.9 Å². The molecule has 0 saturated heterocycles. The lowest BCUT2D eigenvalue weighted by atomic mass is 10.1. The summed E-state index contributed by atoms with van der Waals surface area (Å²) in [4.78, 5) is 11.1. The molecule has 82 valence electrons. The molecule has 0 unspecified atom stereocenters. The summed E-state index contributed by atoms with van der Waals surface area (Å²) in [5.74, 6) is 0.127. The van der Waals surface area contributed by atoms with Crippen molar-refractivity contribution in [3.8, 4) is 11.5 Å². The zero-order valence-corrected chi connectivity index (χ0v) is 10.00. The lowest BCUT2D eigenvalue weighted by Crippen LogP contribution is -2.01. The normalized spacial score (nSPS) is 10.1. The van der Waals surface area contributed by atoms with Crippen molar-refractivity contribution in [1.82, 2.24) is 0 Å². The number of aromatic hydroxyl groups is 1. The summed E-state index contributed by atoms with van der Waals surface area (Å²) in [5.41, 5.74) is 0.256. The van der Waals surface area contributed by atoms with E-state index in [2.05, 4.69) is 15.9 Å². The monoisotopic (exact) mass is 274 g/mol. The van der Waals surface area contributed by atoms with E-state index in [-0.39, 0.29) is 23.9 Å². The van der Waals surface area contributed by atoms with E-state index in [1.165, 1.54) is 26.2 Å². The van der Waals surface area contributed by atoms with E-state index in [1.54, 1.807) is 0 Å². The molecule has 1 N–H and O–H groups in total. The van der Waals surface area contributed by atoms with Crippen molar-refractivity contribution in [3.05, 3.63) is 22.2 Å². The van der Waals surface area contributed by atoms with Crippen LogP contribution in [0.25, 0.3) is 0 Å². The highest BCUT2D eigenvalue weighted by Crippen LogP contribution is 2.32. The second kappa shape index (κ2) is 5.14. The number of ketones is 1. The highest BCUT2D eigenvalue weighted by Gasteiger charge is 2.11. The molecular weight excluding hydrogens is 264 g/mol. The summed E-state index contributed by atoms with van der Waals surface area (Å²) in [6.07, 6.45) is 0. The van der Waals surface area contributed by atoms with Crippen LogP contribution in [-0.2, 0) is 4.74 Å². The number of halogens is 1. The van der Waals surface area contributed by atoms with Crippen molar-refractivity contribution in [3.63, 3.8) is 0 Å². The minimum Gasteiger partial charge on any atom is -0.507 e. The fourth-order valence-corrected chi connectivity index (χ4v) is 1.52. The van der Waals surface area contributed by atoms with Gasteiger partial charge >= 0.3 is 0 Å². The molecule has 1 aromatic rings. The van der Waals surface area contributed by atoms with Crippen LogP contribution in [0.1, 0.15) is 17.3 Å². The number of Topliss-reactive ketones (excluding diaryl/α,β-unsaturated/α-hetero) is 1. The predicted molar refractivity (Wildman–Crippen MR) is 58.3 cm³/mol. The zero-order valence-electron chi connectivity index (χ0n) is 8.41. The molecule has 0 aliphatic heterocycles. The topological polar surface area (TPSA) is 55.8 Å². The molecule has 1 rings (SSSR count). The Bertz CT molecular complexity index is 376. The minimum absolute atomic E-state index is 0.0808. The van der Waals surface area contributed by atoms with Gasteiger partial charge in [-0.05, 0) is 28.9 Å². The number of rotatable bonds is 4. The SMILES string of the molecule is COCOc1cc(O)c(C(C)=O)cc1Br. The molecule has 0 aliphatic rings. The first-order valence-corrected chi connectivity index (χ1v) is 5.00. The molecule has 0 amide bonds. The quantitative estimate of drug-likeness (QED) is 0.677. The molecule has 0 aliphatic carbocycles. The van der Waals surface area contributed by atoms with Crippen LogP contribution in [0.3, 0.4) is 0 Å². The Morgan fingerprint density at radius 2 is 2.20 bits per heavy atom.